The van der Waals surface area contributed by atoms with E-state index in [2.05, 4.69) is 20.9 Å². The molecule has 0 aliphatic heterocycles. The van der Waals surface area contributed by atoms with E-state index in [1.54, 1.807) is 6.20 Å². The van der Waals surface area contributed by atoms with Crippen molar-refractivity contribution < 1.29 is 5.11 Å². The van der Waals surface area contributed by atoms with Gasteiger partial charge in [-0.3, -0.25) is 4.98 Å². The Bertz CT molecular complexity index is 331. The fourth-order valence-electron chi connectivity index (χ4n) is 2.60. The van der Waals surface area contributed by atoms with Crippen molar-refractivity contribution in [2.45, 2.75) is 51.0 Å². The van der Waals surface area contributed by atoms with E-state index in [1.807, 2.05) is 12.1 Å². The molecule has 1 unspecified atom stereocenters. The molecule has 1 saturated carbocycles. The number of pyridine rings is 1. The van der Waals surface area contributed by atoms with Crippen LogP contribution in [0.4, 0.5) is 0 Å². The highest BCUT2D eigenvalue weighted by Gasteiger charge is 2.21. The van der Waals surface area contributed by atoms with Crippen LogP contribution in [0.3, 0.4) is 0 Å². The minimum absolute atomic E-state index is 0.221. The van der Waals surface area contributed by atoms with Gasteiger partial charge in [0.2, 0.25) is 0 Å². The van der Waals surface area contributed by atoms with Gasteiger partial charge < -0.3 is 5.11 Å². The van der Waals surface area contributed by atoms with Gasteiger partial charge in [-0.25, -0.2) is 0 Å². The molecule has 2 rings (SSSR count). The molecule has 1 heterocycles. The van der Waals surface area contributed by atoms with Crippen LogP contribution in [-0.2, 0) is 6.42 Å². The van der Waals surface area contributed by atoms with E-state index >= 15 is 0 Å². The summed E-state index contributed by atoms with van der Waals surface area (Å²) in [6, 6.07) is 3.98. The maximum atomic E-state index is 10.3. The number of aliphatic hydroxyl groups excluding tert-OH is 1. The normalized spacial score (nSPS) is 19.9. The molecule has 1 aliphatic rings. The molecule has 0 amide bonds. The fraction of sp³-hybridized carbons (Fsp3) is 0.643. The summed E-state index contributed by atoms with van der Waals surface area (Å²) >= 11 is 3.37. The van der Waals surface area contributed by atoms with Crippen LogP contribution < -0.4 is 0 Å². The highest BCUT2D eigenvalue weighted by molar-refractivity contribution is 9.10. The van der Waals surface area contributed by atoms with Gasteiger partial charge in [0.1, 0.15) is 0 Å². The van der Waals surface area contributed by atoms with Crippen LogP contribution >= 0.6 is 15.9 Å². The zero-order valence-corrected chi connectivity index (χ0v) is 11.7. The Hall–Kier alpha value is -0.410. The van der Waals surface area contributed by atoms with E-state index in [9.17, 15) is 5.11 Å². The van der Waals surface area contributed by atoms with Crippen molar-refractivity contribution in [3.63, 3.8) is 0 Å². The SMILES string of the molecule is OC(Cc1ccc(Br)cn1)C1CCCCCC1. The Labute approximate surface area is 112 Å². The van der Waals surface area contributed by atoms with E-state index in [1.165, 1.54) is 38.5 Å². The summed E-state index contributed by atoms with van der Waals surface area (Å²) in [5, 5.41) is 10.3. The average molecular weight is 298 g/mol. The van der Waals surface area contributed by atoms with Gasteiger partial charge in [-0.05, 0) is 46.8 Å². The minimum atomic E-state index is -0.221. The lowest BCUT2D eigenvalue weighted by atomic mass is 9.91. The van der Waals surface area contributed by atoms with Crippen molar-refractivity contribution in [2.24, 2.45) is 5.92 Å². The van der Waals surface area contributed by atoms with Gasteiger partial charge in [-0.2, -0.15) is 0 Å². The molecule has 1 fully saturated rings. The van der Waals surface area contributed by atoms with E-state index in [-0.39, 0.29) is 6.10 Å². The van der Waals surface area contributed by atoms with E-state index < -0.39 is 0 Å². The van der Waals surface area contributed by atoms with Crippen LogP contribution in [0.2, 0.25) is 0 Å². The Balaban J connectivity index is 1.90. The van der Waals surface area contributed by atoms with E-state index in [0.717, 1.165) is 10.2 Å². The number of nitrogens with zero attached hydrogens (tertiary/aromatic N) is 1. The summed E-state index contributed by atoms with van der Waals surface area (Å²) in [4.78, 5) is 4.33. The predicted octanol–water partition coefficient (Wildman–Crippen LogP) is 3.72. The minimum Gasteiger partial charge on any atom is -0.392 e. The second-order valence-corrected chi connectivity index (χ2v) is 5.91. The largest absolute Gasteiger partial charge is 0.392 e. The first-order valence-corrected chi connectivity index (χ1v) is 7.33. The lowest BCUT2D eigenvalue weighted by molar-refractivity contribution is 0.0977. The number of aromatic nitrogens is 1. The van der Waals surface area contributed by atoms with Crippen LogP contribution in [0.5, 0.6) is 0 Å². The molecule has 1 atom stereocenters. The average Bonchev–Trinajstić information content (AvgIpc) is 2.61. The highest BCUT2D eigenvalue weighted by atomic mass is 79.9. The van der Waals surface area contributed by atoms with Crippen molar-refractivity contribution in [3.05, 3.63) is 28.5 Å². The zero-order chi connectivity index (χ0) is 12.1. The molecule has 1 aromatic heterocycles. The maximum Gasteiger partial charge on any atom is 0.0623 e. The van der Waals surface area contributed by atoms with Gasteiger partial charge in [0, 0.05) is 22.8 Å². The van der Waals surface area contributed by atoms with Crippen molar-refractivity contribution >= 4 is 15.9 Å². The van der Waals surface area contributed by atoms with Gasteiger partial charge in [-0.1, -0.05) is 25.7 Å². The second-order valence-electron chi connectivity index (χ2n) is 4.99. The lowest BCUT2D eigenvalue weighted by Gasteiger charge is -2.20. The van der Waals surface area contributed by atoms with Gasteiger partial charge in [0.15, 0.2) is 0 Å². The van der Waals surface area contributed by atoms with Gasteiger partial charge in [0.25, 0.3) is 0 Å². The highest BCUT2D eigenvalue weighted by Crippen LogP contribution is 2.26. The Morgan fingerprint density at radius 3 is 2.53 bits per heavy atom. The third-order valence-corrected chi connectivity index (χ3v) is 4.12. The molecule has 1 N–H and O–H groups in total. The summed E-state index contributed by atoms with van der Waals surface area (Å²) in [5.41, 5.74) is 0.991. The van der Waals surface area contributed by atoms with Crippen LogP contribution in [0.1, 0.15) is 44.2 Å². The van der Waals surface area contributed by atoms with Gasteiger partial charge in [0.05, 0.1) is 6.10 Å². The third-order valence-electron chi connectivity index (χ3n) is 3.65. The molecule has 3 heteroatoms. The monoisotopic (exact) mass is 297 g/mol. The van der Waals surface area contributed by atoms with E-state index in [4.69, 9.17) is 0 Å². The molecule has 0 radical (unpaired) electrons. The van der Waals surface area contributed by atoms with Crippen molar-refractivity contribution in [2.75, 3.05) is 0 Å². The summed E-state index contributed by atoms with van der Waals surface area (Å²) in [6.07, 6.45) is 9.84. The molecule has 0 spiro atoms. The molecule has 2 nitrogen and oxygen atoms in total. The zero-order valence-electron chi connectivity index (χ0n) is 10.1. The van der Waals surface area contributed by atoms with Crippen molar-refractivity contribution in [1.82, 2.24) is 4.98 Å². The van der Waals surface area contributed by atoms with Crippen LogP contribution in [0.15, 0.2) is 22.8 Å². The molecule has 0 aromatic carbocycles. The van der Waals surface area contributed by atoms with Crippen molar-refractivity contribution in [1.29, 1.82) is 0 Å². The first-order valence-electron chi connectivity index (χ1n) is 6.54. The summed E-state index contributed by atoms with van der Waals surface area (Å²) < 4.78 is 0.991. The molecule has 1 aromatic rings. The van der Waals surface area contributed by atoms with Crippen molar-refractivity contribution in [3.8, 4) is 0 Å². The molecule has 94 valence electrons. The van der Waals surface area contributed by atoms with Gasteiger partial charge in [-0.15, -0.1) is 0 Å². The topological polar surface area (TPSA) is 33.1 Å². The Kier molecular flexibility index (Phi) is 4.99. The standard InChI is InChI=1S/C14H20BrNO/c15-12-7-8-13(16-10-12)9-14(17)11-5-3-1-2-4-6-11/h7-8,10-11,14,17H,1-6,9H2. The van der Waals surface area contributed by atoms with Gasteiger partial charge >= 0.3 is 0 Å². The third kappa shape index (κ3) is 4.07. The number of rotatable bonds is 3. The first-order chi connectivity index (χ1) is 8.25. The summed E-state index contributed by atoms with van der Waals surface area (Å²) in [5.74, 6) is 0.475. The number of hydrogen-bond donors (Lipinski definition) is 1. The lowest BCUT2D eigenvalue weighted by Crippen LogP contribution is -2.22. The molecule has 0 bridgehead atoms. The molecule has 1 aliphatic carbocycles. The van der Waals surface area contributed by atoms with Crippen LogP contribution in [-0.4, -0.2) is 16.2 Å². The Morgan fingerprint density at radius 1 is 1.24 bits per heavy atom. The smallest absolute Gasteiger partial charge is 0.0623 e. The molecule has 17 heavy (non-hydrogen) atoms. The number of hydrogen-bond acceptors (Lipinski definition) is 2. The Morgan fingerprint density at radius 2 is 1.94 bits per heavy atom. The van der Waals surface area contributed by atoms with Crippen LogP contribution in [0, 0.1) is 5.92 Å². The fourth-order valence-corrected chi connectivity index (χ4v) is 2.84. The molecular weight excluding hydrogens is 278 g/mol. The number of aliphatic hydroxyl groups is 1. The van der Waals surface area contributed by atoms with E-state index in [0.29, 0.717) is 12.3 Å². The predicted molar refractivity (Wildman–Crippen MR) is 72.8 cm³/mol. The molecule has 0 saturated heterocycles. The quantitative estimate of drug-likeness (QED) is 0.863. The second kappa shape index (κ2) is 6.50. The number of halogens is 1. The summed E-state index contributed by atoms with van der Waals surface area (Å²) in [7, 11) is 0. The maximum absolute atomic E-state index is 10.3. The first kappa shape index (κ1) is 13.0. The summed E-state index contributed by atoms with van der Waals surface area (Å²) in [6.45, 7) is 0. The molecular formula is C14H20BrNO. The van der Waals surface area contributed by atoms with Crippen LogP contribution in [0.25, 0.3) is 0 Å².